The zero-order valence-corrected chi connectivity index (χ0v) is 16.0. The molecule has 2 aromatic carbocycles. The molecule has 0 aromatic heterocycles. The van der Waals surface area contributed by atoms with Crippen LogP contribution in [0.5, 0.6) is 0 Å². The number of aliphatic imine (C=N–C) groups is 1. The molecule has 2 rings (SSSR count). The van der Waals surface area contributed by atoms with Gasteiger partial charge in [-0.25, -0.2) is 12.8 Å². The fourth-order valence-corrected chi connectivity index (χ4v) is 3.37. The molecule has 27 heavy (non-hydrogen) atoms. The number of hydrogen-bond donors (Lipinski definition) is 2. The molecule has 2 aromatic rings. The van der Waals surface area contributed by atoms with Gasteiger partial charge >= 0.3 is 0 Å². The number of sulfone groups is 1. The first-order valence-corrected chi connectivity index (χ1v) is 10.3. The first-order chi connectivity index (χ1) is 12.8. The summed E-state index contributed by atoms with van der Waals surface area (Å²) in [6, 6.07) is 13.3. The molecular formula is C19H21FN4O2S. The number of hydrogen-bond acceptors (Lipinski definition) is 4. The lowest BCUT2D eigenvalue weighted by molar-refractivity contribution is 0.599. The van der Waals surface area contributed by atoms with Crippen molar-refractivity contribution in [2.45, 2.75) is 18.8 Å². The Labute approximate surface area is 158 Å². The van der Waals surface area contributed by atoms with Gasteiger partial charge in [0.15, 0.2) is 15.8 Å². The second kappa shape index (κ2) is 9.14. The molecule has 0 aliphatic rings. The molecule has 8 heteroatoms. The lowest BCUT2D eigenvalue weighted by Gasteiger charge is -2.14. The zero-order chi connectivity index (χ0) is 19.9. The molecule has 6 nitrogen and oxygen atoms in total. The van der Waals surface area contributed by atoms with Crippen molar-refractivity contribution in [1.29, 1.82) is 5.26 Å². The smallest absolute Gasteiger partial charge is 0.191 e. The molecular weight excluding hydrogens is 367 g/mol. The predicted molar refractivity (Wildman–Crippen MR) is 103 cm³/mol. The molecule has 2 N–H and O–H groups in total. The van der Waals surface area contributed by atoms with E-state index in [2.05, 4.69) is 21.7 Å². The van der Waals surface area contributed by atoms with Gasteiger partial charge in [-0.1, -0.05) is 18.2 Å². The maximum absolute atomic E-state index is 13.6. The van der Waals surface area contributed by atoms with Crippen molar-refractivity contribution in [3.05, 3.63) is 70.5 Å². The van der Waals surface area contributed by atoms with Gasteiger partial charge in [-0.05, 0) is 41.0 Å². The summed E-state index contributed by atoms with van der Waals surface area (Å²) in [5.41, 5.74) is 2.58. The summed E-state index contributed by atoms with van der Waals surface area (Å²) in [6.45, 7) is 0.676. The van der Waals surface area contributed by atoms with Crippen LogP contribution in [-0.4, -0.2) is 27.7 Å². The lowest BCUT2D eigenvalue weighted by Crippen LogP contribution is -2.36. The minimum absolute atomic E-state index is 0.155. The normalized spacial score (nSPS) is 11.7. The van der Waals surface area contributed by atoms with Crippen LogP contribution < -0.4 is 10.6 Å². The number of rotatable bonds is 6. The van der Waals surface area contributed by atoms with Gasteiger partial charge in [0.2, 0.25) is 0 Å². The molecule has 0 fully saturated rings. The number of guanidine groups is 1. The molecule has 0 radical (unpaired) electrons. The summed E-state index contributed by atoms with van der Waals surface area (Å²) in [4.78, 5) is 4.10. The molecule has 0 atom stereocenters. The summed E-state index contributed by atoms with van der Waals surface area (Å²) >= 11 is 0. The van der Waals surface area contributed by atoms with Gasteiger partial charge in [-0.2, -0.15) is 5.26 Å². The average Bonchev–Trinajstić information content (AvgIpc) is 2.63. The molecule has 0 unspecified atom stereocenters. The molecule has 0 aliphatic heterocycles. The molecule has 0 spiro atoms. The summed E-state index contributed by atoms with van der Waals surface area (Å²) in [5, 5.41) is 15.1. The highest BCUT2D eigenvalue weighted by atomic mass is 32.2. The first kappa shape index (κ1) is 20.4. The van der Waals surface area contributed by atoms with E-state index in [0.29, 0.717) is 29.2 Å². The fourth-order valence-electron chi connectivity index (χ4n) is 2.52. The third kappa shape index (κ3) is 6.72. The zero-order valence-electron chi connectivity index (χ0n) is 15.2. The van der Waals surface area contributed by atoms with Gasteiger partial charge in [-0.15, -0.1) is 0 Å². The second-order valence-electron chi connectivity index (χ2n) is 6.07. The average molecular weight is 388 g/mol. The monoisotopic (exact) mass is 388 g/mol. The molecule has 0 amide bonds. The van der Waals surface area contributed by atoms with Gasteiger partial charge in [0, 0.05) is 26.4 Å². The van der Waals surface area contributed by atoms with Crippen LogP contribution in [0.2, 0.25) is 0 Å². The highest BCUT2D eigenvalue weighted by Crippen LogP contribution is 2.14. The molecule has 0 saturated carbocycles. The van der Waals surface area contributed by atoms with E-state index in [4.69, 9.17) is 5.26 Å². The van der Waals surface area contributed by atoms with Crippen molar-refractivity contribution in [2.24, 2.45) is 4.99 Å². The van der Waals surface area contributed by atoms with E-state index in [1.807, 2.05) is 6.07 Å². The summed E-state index contributed by atoms with van der Waals surface area (Å²) in [6.07, 6.45) is 1.14. The van der Waals surface area contributed by atoms with E-state index in [1.165, 1.54) is 18.2 Å². The first-order valence-electron chi connectivity index (χ1n) is 8.19. The minimum Gasteiger partial charge on any atom is -0.352 e. The van der Waals surface area contributed by atoms with Crippen LogP contribution in [0.15, 0.2) is 47.5 Å². The largest absolute Gasteiger partial charge is 0.352 e. The Morgan fingerprint density at radius 1 is 1.15 bits per heavy atom. The van der Waals surface area contributed by atoms with Gasteiger partial charge in [0.1, 0.15) is 5.82 Å². The van der Waals surface area contributed by atoms with Crippen LogP contribution in [0.1, 0.15) is 22.3 Å². The Morgan fingerprint density at radius 2 is 1.89 bits per heavy atom. The highest BCUT2D eigenvalue weighted by Gasteiger charge is 2.11. The number of benzene rings is 2. The third-order valence-electron chi connectivity index (χ3n) is 3.77. The Bertz CT molecular complexity index is 981. The van der Waals surface area contributed by atoms with Crippen LogP contribution in [0.3, 0.4) is 0 Å². The van der Waals surface area contributed by atoms with E-state index >= 15 is 0 Å². The third-order valence-corrected chi connectivity index (χ3v) is 4.61. The van der Waals surface area contributed by atoms with Crippen molar-refractivity contribution < 1.29 is 12.8 Å². The van der Waals surface area contributed by atoms with Gasteiger partial charge in [-0.3, -0.25) is 4.99 Å². The SMILES string of the molecule is CN=C(NCc1cccc(C#N)c1)NCc1cc(F)ccc1CS(C)(=O)=O. The number of nitrogens with one attached hydrogen (secondary N) is 2. The summed E-state index contributed by atoms with van der Waals surface area (Å²) < 4.78 is 36.7. The fraction of sp³-hybridized carbons (Fsp3) is 0.263. The standard InChI is InChI=1S/C19H21FN4O2S/c1-22-19(23-11-15-5-3-4-14(8-15)10-21)24-12-17-9-18(20)7-6-16(17)13-27(2,25)26/h3-9H,11-13H2,1-2H3,(H2,22,23,24). The summed E-state index contributed by atoms with van der Waals surface area (Å²) in [5.74, 6) is -0.107. The Kier molecular flexibility index (Phi) is 6.91. The molecule has 0 heterocycles. The topological polar surface area (TPSA) is 94.3 Å². The van der Waals surface area contributed by atoms with Gasteiger partial charge < -0.3 is 10.6 Å². The van der Waals surface area contributed by atoms with Crippen molar-refractivity contribution in [1.82, 2.24) is 10.6 Å². The quantitative estimate of drug-likeness (QED) is 0.584. The van der Waals surface area contributed by atoms with Crippen molar-refractivity contribution in [3.8, 4) is 6.07 Å². The van der Waals surface area contributed by atoms with Crippen molar-refractivity contribution in [2.75, 3.05) is 13.3 Å². The summed E-state index contributed by atoms with van der Waals surface area (Å²) in [7, 11) is -1.63. The van der Waals surface area contributed by atoms with Crippen LogP contribution >= 0.6 is 0 Å². The maximum atomic E-state index is 13.6. The van der Waals surface area contributed by atoms with E-state index < -0.39 is 15.7 Å². The number of halogens is 1. The highest BCUT2D eigenvalue weighted by molar-refractivity contribution is 7.89. The van der Waals surface area contributed by atoms with Crippen LogP contribution in [0, 0.1) is 17.1 Å². The Morgan fingerprint density at radius 3 is 2.56 bits per heavy atom. The molecule has 0 aliphatic carbocycles. The van der Waals surface area contributed by atoms with E-state index in [-0.39, 0.29) is 12.3 Å². The Hall–Kier alpha value is -2.92. The van der Waals surface area contributed by atoms with Crippen molar-refractivity contribution in [3.63, 3.8) is 0 Å². The van der Waals surface area contributed by atoms with E-state index in [0.717, 1.165) is 11.8 Å². The van der Waals surface area contributed by atoms with Crippen LogP contribution in [0.25, 0.3) is 0 Å². The predicted octanol–water partition coefficient (Wildman–Crippen LogP) is 2.11. The lowest BCUT2D eigenvalue weighted by atomic mass is 10.1. The van der Waals surface area contributed by atoms with Crippen LogP contribution in [0.4, 0.5) is 4.39 Å². The van der Waals surface area contributed by atoms with Gasteiger partial charge in [0.05, 0.1) is 17.4 Å². The minimum atomic E-state index is -3.23. The molecule has 142 valence electrons. The second-order valence-corrected chi connectivity index (χ2v) is 8.21. The van der Waals surface area contributed by atoms with Crippen LogP contribution in [-0.2, 0) is 28.7 Å². The van der Waals surface area contributed by atoms with E-state index in [9.17, 15) is 12.8 Å². The number of nitriles is 1. The van der Waals surface area contributed by atoms with Gasteiger partial charge in [0.25, 0.3) is 0 Å². The Balaban J connectivity index is 2.03. The molecule has 0 saturated heterocycles. The molecule has 0 bridgehead atoms. The van der Waals surface area contributed by atoms with E-state index in [1.54, 1.807) is 25.2 Å². The maximum Gasteiger partial charge on any atom is 0.191 e. The van der Waals surface area contributed by atoms with Crippen molar-refractivity contribution >= 4 is 15.8 Å². The number of nitrogens with zero attached hydrogens (tertiary/aromatic N) is 2.